The number of aromatic nitrogens is 4. The van der Waals surface area contributed by atoms with E-state index in [1.165, 1.54) is 0 Å². The van der Waals surface area contributed by atoms with Crippen LogP contribution in [0, 0.1) is 0 Å². The second kappa shape index (κ2) is 8.99. The molecule has 0 unspecified atom stereocenters. The highest BCUT2D eigenvalue weighted by Crippen LogP contribution is 2.21. The van der Waals surface area contributed by atoms with Gasteiger partial charge in [-0.1, -0.05) is 35.5 Å². The molecule has 0 saturated heterocycles. The minimum absolute atomic E-state index is 0.700. The van der Waals surface area contributed by atoms with E-state index < -0.39 is 0 Å². The molecule has 0 aliphatic heterocycles. The number of thioether (sulfide) groups is 1. The minimum Gasteiger partial charge on any atom is -0.383 e. The average Bonchev–Trinajstić information content (AvgIpc) is 2.92. The van der Waals surface area contributed by atoms with Gasteiger partial charge in [0.2, 0.25) is 5.16 Å². The third kappa shape index (κ3) is 5.62. The van der Waals surface area contributed by atoms with Crippen molar-refractivity contribution < 1.29 is 4.74 Å². The molecule has 0 aliphatic carbocycles. The van der Waals surface area contributed by atoms with Gasteiger partial charge in [0.1, 0.15) is 0 Å². The lowest BCUT2D eigenvalue weighted by Crippen LogP contribution is -2.24. The van der Waals surface area contributed by atoms with Gasteiger partial charge in [0.05, 0.1) is 13.2 Å². The van der Waals surface area contributed by atoms with Crippen LogP contribution in [-0.4, -0.2) is 47.0 Å². The highest BCUT2D eigenvalue weighted by atomic mass is 35.5. The molecule has 8 heteroatoms. The second-order valence-electron chi connectivity index (χ2n) is 4.35. The Kier molecular flexibility index (Phi) is 6.94. The van der Waals surface area contributed by atoms with E-state index in [1.807, 2.05) is 24.3 Å². The first-order valence-corrected chi connectivity index (χ1v) is 7.99. The summed E-state index contributed by atoms with van der Waals surface area (Å²) < 4.78 is 6.78. The fourth-order valence-corrected chi connectivity index (χ4v) is 2.76. The van der Waals surface area contributed by atoms with Crippen molar-refractivity contribution in [1.82, 2.24) is 25.5 Å². The number of benzene rings is 1. The van der Waals surface area contributed by atoms with E-state index >= 15 is 0 Å². The summed E-state index contributed by atoms with van der Waals surface area (Å²) in [5.74, 6) is 0.790. The van der Waals surface area contributed by atoms with Gasteiger partial charge < -0.3 is 10.1 Å². The van der Waals surface area contributed by atoms with E-state index in [9.17, 15) is 0 Å². The zero-order valence-corrected chi connectivity index (χ0v) is 13.4. The predicted octanol–water partition coefficient (Wildman–Crippen LogP) is 1.85. The molecule has 1 aromatic heterocycles. The van der Waals surface area contributed by atoms with Crippen molar-refractivity contribution in [2.75, 3.05) is 26.8 Å². The number of hydrogen-bond donors (Lipinski definition) is 1. The smallest absolute Gasteiger partial charge is 0.209 e. The molecule has 6 nitrogen and oxygen atoms in total. The second-order valence-corrected chi connectivity index (χ2v) is 5.72. The lowest BCUT2D eigenvalue weighted by Gasteiger charge is -2.06. The Hall–Kier alpha value is -1.15. The van der Waals surface area contributed by atoms with Crippen molar-refractivity contribution in [3.8, 4) is 0 Å². The van der Waals surface area contributed by atoms with E-state index in [0.29, 0.717) is 6.61 Å². The Bertz CT molecular complexity index is 551. The summed E-state index contributed by atoms with van der Waals surface area (Å²) in [5.41, 5.74) is 1.15. The van der Waals surface area contributed by atoms with Gasteiger partial charge in [0.15, 0.2) is 0 Å². The van der Waals surface area contributed by atoms with Crippen LogP contribution in [0.4, 0.5) is 0 Å². The van der Waals surface area contributed by atoms with E-state index in [4.69, 9.17) is 16.3 Å². The Labute approximate surface area is 133 Å². The van der Waals surface area contributed by atoms with Gasteiger partial charge in [-0.15, -0.1) is 5.10 Å². The molecule has 0 amide bonds. The fourth-order valence-electron chi connectivity index (χ4n) is 1.70. The average molecular weight is 328 g/mol. The molecule has 0 fully saturated rings. The first-order chi connectivity index (χ1) is 10.3. The topological polar surface area (TPSA) is 64.9 Å². The molecule has 0 aliphatic rings. The van der Waals surface area contributed by atoms with Crippen molar-refractivity contribution in [2.45, 2.75) is 17.5 Å². The van der Waals surface area contributed by atoms with Crippen LogP contribution in [0.25, 0.3) is 0 Å². The molecule has 1 N–H and O–H groups in total. The maximum atomic E-state index is 5.97. The van der Waals surface area contributed by atoms with Crippen molar-refractivity contribution in [3.63, 3.8) is 0 Å². The number of nitrogens with zero attached hydrogens (tertiary/aromatic N) is 4. The normalized spacial score (nSPS) is 11.0. The van der Waals surface area contributed by atoms with Crippen molar-refractivity contribution in [3.05, 3.63) is 34.9 Å². The monoisotopic (exact) mass is 327 g/mol. The Morgan fingerprint density at radius 1 is 1.38 bits per heavy atom. The van der Waals surface area contributed by atoms with Gasteiger partial charge in [0.25, 0.3) is 0 Å². The van der Waals surface area contributed by atoms with E-state index in [2.05, 4.69) is 20.8 Å². The summed E-state index contributed by atoms with van der Waals surface area (Å²) in [5, 5.41) is 16.6. The highest BCUT2D eigenvalue weighted by Gasteiger charge is 2.07. The van der Waals surface area contributed by atoms with Crippen LogP contribution in [0.2, 0.25) is 5.02 Å². The van der Waals surface area contributed by atoms with Gasteiger partial charge in [-0.3, -0.25) is 0 Å². The van der Waals surface area contributed by atoms with Crippen LogP contribution in [0.5, 0.6) is 0 Å². The van der Waals surface area contributed by atoms with Gasteiger partial charge in [-0.05, 0) is 28.1 Å². The number of nitrogens with one attached hydrogen (secondary N) is 1. The molecule has 0 spiro atoms. The lowest BCUT2D eigenvalue weighted by atomic mass is 10.2. The van der Waals surface area contributed by atoms with Gasteiger partial charge in [0, 0.05) is 31.0 Å². The zero-order valence-electron chi connectivity index (χ0n) is 11.8. The van der Waals surface area contributed by atoms with E-state index in [0.717, 1.165) is 41.1 Å². The number of hydrogen-bond acceptors (Lipinski definition) is 6. The first kappa shape index (κ1) is 16.2. The summed E-state index contributed by atoms with van der Waals surface area (Å²) in [7, 11) is 1.69. The molecule has 2 aromatic rings. The predicted molar refractivity (Wildman–Crippen MR) is 83.6 cm³/mol. The van der Waals surface area contributed by atoms with Crippen LogP contribution in [0.1, 0.15) is 5.56 Å². The highest BCUT2D eigenvalue weighted by molar-refractivity contribution is 7.98. The third-order valence-corrected chi connectivity index (χ3v) is 4.00. The Morgan fingerprint density at radius 2 is 2.29 bits per heavy atom. The molecule has 21 heavy (non-hydrogen) atoms. The van der Waals surface area contributed by atoms with Gasteiger partial charge in [-0.25, -0.2) is 4.68 Å². The molecule has 0 radical (unpaired) electrons. The summed E-state index contributed by atoms with van der Waals surface area (Å²) in [6.07, 6.45) is 0. The number of halogens is 1. The molecule has 1 heterocycles. The molecular weight excluding hydrogens is 310 g/mol. The van der Waals surface area contributed by atoms with Crippen molar-refractivity contribution in [1.29, 1.82) is 0 Å². The maximum Gasteiger partial charge on any atom is 0.209 e. The Morgan fingerprint density at radius 3 is 3.10 bits per heavy atom. The largest absolute Gasteiger partial charge is 0.383 e. The van der Waals surface area contributed by atoms with Crippen LogP contribution in [0.3, 0.4) is 0 Å². The quantitative estimate of drug-likeness (QED) is 0.560. The summed E-state index contributed by atoms with van der Waals surface area (Å²) in [4.78, 5) is 0. The minimum atomic E-state index is 0.700. The summed E-state index contributed by atoms with van der Waals surface area (Å²) >= 11 is 7.57. The number of ether oxygens (including phenoxy) is 1. The number of rotatable bonds is 9. The van der Waals surface area contributed by atoms with Crippen molar-refractivity contribution >= 4 is 23.4 Å². The van der Waals surface area contributed by atoms with Crippen LogP contribution < -0.4 is 5.32 Å². The fraction of sp³-hybridized carbons (Fsp3) is 0.462. The Balaban J connectivity index is 1.80. The molecule has 1 aromatic carbocycles. The van der Waals surface area contributed by atoms with Crippen LogP contribution in [0.15, 0.2) is 29.4 Å². The molecule has 2 rings (SSSR count). The molecular formula is C13H18ClN5OS. The zero-order chi connectivity index (χ0) is 14.9. The first-order valence-electron chi connectivity index (χ1n) is 6.62. The lowest BCUT2D eigenvalue weighted by molar-refractivity contribution is 0.199. The van der Waals surface area contributed by atoms with E-state index in [-0.39, 0.29) is 0 Å². The van der Waals surface area contributed by atoms with Crippen LogP contribution >= 0.6 is 23.4 Å². The van der Waals surface area contributed by atoms with Gasteiger partial charge in [-0.2, -0.15) is 0 Å². The summed E-state index contributed by atoms with van der Waals surface area (Å²) in [6, 6.07) is 7.81. The SMILES string of the molecule is COCCNCCn1nnnc1SCc1cccc(Cl)c1. The van der Waals surface area contributed by atoms with Gasteiger partial charge >= 0.3 is 0 Å². The van der Waals surface area contributed by atoms with Crippen LogP contribution in [-0.2, 0) is 17.0 Å². The molecule has 0 atom stereocenters. The van der Waals surface area contributed by atoms with E-state index in [1.54, 1.807) is 23.6 Å². The summed E-state index contributed by atoms with van der Waals surface area (Å²) in [6.45, 7) is 3.06. The third-order valence-electron chi connectivity index (χ3n) is 2.74. The molecule has 0 saturated carbocycles. The number of tetrazole rings is 1. The van der Waals surface area contributed by atoms with Crippen molar-refractivity contribution in [2.24, 2.45) is 0 Å². The molecule has 114 valence electrons. The molecule has 0 bridgehead atoms. The standard InChI is InChI=1S/C13H18ClN5OS/c1-20-8-6-15-5-7-19-13(16-17-18-19)21-10-11-3-2-4-12(14)9-11/h2-4,9,15H,5-8,10H2,1H3. The number of methoxy groups -OCH3 is 1. The maximum absolute atomic E-state index is 5.97.